The summed E-state index contributed by atoms with van der Waals surface area (Å²) in [6, 6.07) is 3.89. The maximum Gasteiger partial charge on any atom is 0.359 e. The number of esters is 1. The van der Waals surface area contributed by atoms with Crippen molar-refractivity contribution in [2.75, 3.05) is 18.5 Å². The van der Waals surface area contributed by atoms with E-state index in [-0.39, 0.29) is 27.3 Å². The molecular weight excluding hydrogens is 441 g/mol. The van der Waals surface area contributed by atoms with E-state index in [1.165, 1.54) is 0 Å². The number of halogens is 3. The molecule has 154 valence electrons. The van der Waals surface area contributed by atoms with Crippen LogP contribution in [0.3, 0.4) is 0 Å². The van der Waals surface area contributed by atoms with Crippen molar-refractivity contribution in [3.05, 3.63) is 55.8 Å². The Bertz CT molecular complexity index is 956. The van der Waals surface area contributed by atoms with Gasteiger partial charge in [0.05, 0.1) is 21.6 Å². The first kappa shape index (κ1) is 22.9. The number of hydrogen-bond acceptors (Lipinski definition) is 5. The van der Waals surface area contributed by atoms with Crippen molar-refractivity contribution >= 4 is 58.3 Å². The largest absolute Gasteiger partial charge is 0.451 e. The first-order valence-electron chi connectivity index (χ1n) is 8.41. The molecule has 1 aromatic carbocycles. The standard InChI is InChI=1S/C19H18Cl3N3O4/c1-9-4-10(2)17(11(3)5-9)25-13(26)7-23-14(27)8-29-19(28)18-16(22)15(21)12(20)6-24-18/h4-6H,7-8H2,1-3H3,(H,23,27)(H,25,26). The summed E-state index contributed by atoms with van der Waals surface area (Å²) in [6.07, 6.45) is 1.14. The number of hydrogen-bond donors (Lipinski definition) is 2. The molecule has 7 nitrogen and oxygen atoms in total. The lowest BCUT2D eigenvalue weighted by atomic mass is 10.1. The van der Waals surface area contributed by atoms with Crippen LogP contribution in [0, 0.1) is 20.8 Å². The Hall–Kier alpha value is -2.35. The minimum absolute atomic E-state index is 0.0434. The van der Waals surface area contributed by atoms with Crippen molar-refractivity contribution in [2.45, 2.75) is 20.8 Å². The van der Waals surface area contributed by atoms with E-state index in [0.717, 1.165) is 22.9 Å². The summed E-state index contributed by atoms with van der Waals surface area (Å²) < 4.78 is 4.84. The fourth-order valence-corrected chi connectivity index (χ4v) is 3.13. The third-order valence-corrected chi connectivity index (χ3v) is 5.07. The molecule has 0 saturated carbocycles. The van der Waals surface area contributed by atoms with Gasteiger partial charge in [0.25, 0.3) is 5.91 Å². The van der Waals surface area contributed by atoms with Crippen LogP contribution in [0.4, 0.5) is 5.69 Å². The molecule has 0 atom stereocenters. The van der Waals surface area contributed by atoms with Gasteiger partial charge in [-0.3, -0.25) is 9.59 Å². The Morgan fingerprint density at radius 1 is 1.00 bits per heavy atom. The maximum absolute atomic E-state index is 12.1. The van der Waals surface area contributed by atoms with Gasteiger partial charge in [-0.25, -0.2) is 9.78 Å². The molecule has 1 heterocycles. The molecule has 10 heteroatoms. The van der Waals surface area contributed by atoms with Crippen LogP contribution in [0.1, 0.15) is 27.2 Å². The van der Waals surface area contributed by atoms with Crippen LogP contribution in [0.5, 0.6) is 0 Å². The first-order chi connectivity index (χ1) is 13.6. The number of amides is 2. The molecule has 0 unspecified atom stereocenters. The van der Waals surface area contributed by atoms with E-state index in [1.807, 2.05) is 32.9 Å². The highest BCUT2D eigenvalue weighted by Crippen LogP contribution is 2.31. The number of pyridine rings is 1. The summed E-state index contributed by atoms with van der Waals surface area (Å²) in [5.41, 5.74) is 3.35. The third-order valence-electron chi connectivity index (χ3n) is 3.83. The number of anilines is 1. The van der Waals surface area contributed by atoms with E-state index >= 15 is 0 Å². The summed E-state index contributed by atoms with van der Waals surface area (Å²) in [6.45, 7) is 4.83. The van der Waals surface area contributed by atoms with Crippen LogP contribution < -0.4 is 10.6 Å². The van der Waals surface area contributed by atoms with Crippen LogP contribution in [-0.2, 0) is 14.3 Å². The second-order valence-corrected chi connectivity index (χ2v) is 7.42. The van der Waals surface area contributed by atoms with Crippen LogP contribution in [0.15, 0.2) is 18.3 Å². The van der Waals surface area contributed by atoms with E-state index in [2.05, 4.69) is 15.6 Å². The zero-order valence-corrected chi connectivity index (χ0v) is 18.1. The SMILES string of the molecule is Cc1cc(C)c(NC(=O)CNC(=O)COC(=O)c2ncc(Cl)c(Cl)c2Cl)c(C)c1. The van der Waals surface area contributed by atoms with Crippen molar-refractivity contribution in [1.29, 1.82) is 0 Å². The number of nitrogens with zero attached hydrogens (tertiary/aromatic N) is 1. The molecule has 2 amide bonds. The van der Waals surface area contributed by atoms with Gasteiger partial charge in [-0.1, -0.05) is 52.5 Å². The molecule has 0 aliphatic carbocycles. The molecular formula is C19H18Cl3N3O4. The predicted molar refractivity (Wildman–Crippen MR) is 112 cm³/mol. The lowest BCUT2D eigenvalue weighted by Gasteiger charge is -2.13. The number of ether oxygens (including phenoxy) is 1. The van der Waals surface area contributed by atoms with E-state index in [0.29, 0.717) is 5.69 Å². The molecule has 0 aliphatic rings. The Kier molecular flexibility index (Phi) is 7.84. The monoisotopic (exact) mass is 457 g/mol. The van der Waals surface area contributed by atoms with E-state index in [9.17, 15) is 14.4 Å². The summed E-state index contributed by atoms with van der Waals surface area (Å²) in [5.74, 6) is -2.02. The highest BCUT2D eigenvalue weighted by atomic mass is 35.5. The first-order valence-corrected chi connectivity index (χ1v) is 9.54. The quantitative estimate of drug-likeness (QED) is 0.640. The Balaban J connectivity index is 1.85. The molecule has 0 saturated heterocycles. The number of rotatable bonds is 6. The Morgan fingerprint density at radius 3 is 2.24 bits per heavy atom. The predicted octanol–water partition coefficient (Wildman–Crippen LogP) is 3.88. The van der Waals surface area contributed by atoms with Gasteiger partial charge in [0.1, 0.15) is 0 Å². The molecule has 0 bridgehead atoms. The number of aromatic nitrogens is 1. The van der Waals surface area contributed by atoms with Crippen molar-refractivity contribution in [3.63, 3.8) is 0 Å². The van der Waals surface area contributed by atoms with Crippen LogP contribution in [0.2, 0.25) is 15.1 Å². The second kappa shape index (κ2) is 9.91. The van der Waals surface area contributed by atoms with Gasteiger partial charge >= 0.3 is 5.97 Å². The molecule has 0 radical (unpaired) electrons. The van der Waals surface area contributed by atoms with Gasteiger partial charge in [-0.2, -0.15) is 0 Å². The third kappa shape index (κ3) is 6.06. The number of carbonyl (C=O) groups excluding carboxylic acids is 3. The zero-order valence-electron chi connectivity index (χ0n) is 15.9. The molecule has 2 aromatic rings. The van der Waals surface area contributed by atoms with E-state index < -0.39 is 24.4 Å². The normalized spacial score (nSPS) is 10.4. The molecule has 2 N–H and O–H groups in total. The van der Waals surface area contributed by atoms with Crippen LogP contribution in [0.25, 0.3) is 0 Å². The minimum Gasteiger partial charge on any atom is -0.451 e. The fourth-order valence-electron chi connectivity index (χ4n) is 2.58. The van der Waals surface area contributed by atoms with Crippen molar-refractivity contribution in [3.8, 4) is 0 Å². The number of aryl methyl sites for hydroxylation is 3. The summed E-state index contributed by atoms with van der Waals surface area (Å²) in [5, 5.41) is 4.98. The second-order valence-electron chi connectivity index (χ2n) is 6.26. The molecule has 0 fully saturated rings. The van der Waals surface area contributed by atoms with Gasteiger partial charge in [0, 0.05) is 11.9 Å². The highest BCUT2D eigenvalue weighted by Gasteiger charge is 2.19. The smallest absolute Gasteiger partial charge is 0.359 e. The number of carbonyl (C=O) groups is 3. The average Bonchev–Trinajstić information content (AvgIpc) is 2.65. The van der Waals surface area contributed by atoms with E-state index in [1.54, 1.807) is 0 Å². The fraction of sp³-hybridized carbons (Fsp3) is 0.263. The number of nitrogens with one attached hydrogen (secondary N) is 2. The average molecular weight is 459 g/mol. The molecule has 2 rings (SSSR count). The lowest BCUT2D eigenvalue weighted by Crippen LogP contribution is -2.35. The molecule has 0 spiro atoms. The molecule has 29 heavy (non-hydrogen) atoms. The van der Waals surface area contributed by atoms with Crippen molar-refractivity contribution in [2.24, 2.45) is 0 Å². The van der Waals surface area contributed by atoms with Gasteiger partial charge < -0.3 is 15.4 Å². The summed E-state index contributed by atoms with van der Waals surface area (Å²) in [4.78, 5) is 39.7. The van der Waals surface area contributed by atoms with Crippen molar-refractivity contribution in [1.82, 2.24) is 10.3 Å². The minimum atomic E-state index is -0.945. The van der Waals surface area contributed by atoms with Crippen molar-refractivity contribution < 1.29 is 19.1 Å². The summed E-state index contributed by atoms with van der Waals surface area (Å²) in [7, 11) is 0. The maximum atomic E-state index is 12.1. The highest BCUT2D eigenvalue weighted by molar-refractivity contribution is 6.48. The Morgan fingerprint density at radius 2 is 1.62 bits per heavy atom. The van der Waals surface area contributed by atoms with Gasteiger partial charge in [0.15, 0.2) is 12.3 Å². The lowest BCUT2D eigenvalue weighted by molar-refractivity contribution is -0.126. The van der Waals surface area contributed by atoms with Crippen LogP contribution in [-0.4, -0.2) is 35.9 Å². The van der Waals surface area contributed by atoms with Gasteiger partial charge in [-0.15, -0.1) is 0 Å². The van der Waals surface area contributed by atoms with Gasteiger partial charge in [-0.05, 0) is 31.9 Å². The summed E-state index contributed by atoms with van der Waals surface area (Å²) >= 11 is 17.5. The number of benzene rings is 1. The Labute approximate surface area is 182 Å². The molecule has 1 aromatic heterocycles. The zero-order chi connectivity index (χ0) is 21.7. The van der Waals surface area contributed by atoms with Crippen LogP contribution >= 0.6 is 34.8 Å². The topological polar surface area (TPSA) is 97.4 Å². The van der Waals surface area contributed by atoms with Gasteiger partial charge in [0.2, 0.25) is 5.91 Å². The van der Waals surface area contributed by atoms with E-state index in [4.69, 9.17) is 39.5 Å². The molecule has 0 aliphatic heterocycles.